The van der Waals surface area contributed by atoms with E-state index in [1.165, 1.54) is 11.4 Å². The average Bonchev–Trinajstić information content (AvgIpc) is 2.92. The van der Waals surface area contributed by atoms with Gasteiger partial charge >= 0.3 is 0 Å². The molecule has 0 aromatic heterocycles. The zero-order valence-corrected chi connectivity index (χ0v) is 13.3. The largest absolute Gasteiger partial charge is 0.398 e. The second kappa shape index (κ2) is 5.65. The molecule has 0 aliphatic carbocycles. The van der Waals surface area contributed by atoms with Crippen molar-refractivity contribution in [2.45, 2.75) is 37.6 Å². The van der Waals surface area contributed by atoms with Crippen LogP contribution in [0.15, 0.2) is 17.0 Å². The van der Waals surface area contributed by atoms with Gasteiger partial charge in [0.2, 0.25) is 15.9 Å². The second-order valence-electron chi connectivity index (χ2n) is 5.31. The van der Waals surface area contributed by atoms with Crippen molar-refractivity contribution in [1.29, 1.82) is 0 Å². The van der Waals surface area contributed by atoms with Crippen LogP contribution in [0.5, 0.6) is 0 Å². The van der Waals surface area contributed by atoms with E-state index in [0.717, 1.165) is 0 Å². The summed E-state index contributed by atoms with van der Waals surface area (Å²) in [5, 5.41) is 2.53. The Bertz CT molecular complexity index is 670. The average molecular weight is 311 g/mol. The maximum Gasteiger partial charge on any atom is 0.244 e. The summed E-state index contributed by atoms with van der Waals surface area (Å²) in [4.78, 5) is 12.1. The molecule has 1 amide bonds. The highest BCUT2D eigenvalue weighted by Gasteiger charge is 2.40. The van der Waals surface area contributed by atoms with Crippen molar-refractivity contribution in [2.75, 3.05) is 19.3 Å². The smallest absolute Gasteiger partial charge is 0.244 e. The van der Waals surface area contributed by atoms with Crippen molar-refractivity contribution in [3.63, 3.8) is 0 Å². The van der Waals surface area contributed by atoms with Gasteiger partial charge in [-0.15, -0.1) is 0 Å². The molecule has 6 nitrogen and oxygen atoms in total. The fraction of sp³-hybridized carbons (Fsp3) is 0.500. The van der Waals surface area contributed by atoms with Crippen LogP contribution in [-0.4, -0.2) is 38.3 Å². The zero-order valence-electron chi connectivity index (χ0n) is 12.5. The van der Waals surface area contributed by atoms with Gasteiger partial charge in [-0.05, 0) is 43.9 Å². The van der Waals surface area contributed by atoms with Crippen molar-refractivity contribution in [3.8, 4) is 0 Å². The number of hydrogen-bond acceptors (Lipinski definition) is 4. The number of likely N-dealkylation sites (N-methyl/N-ethyl adjacent to an activating group) is 1. The van der Waals surface area contributed by atoms with Crippen LogP contribution >= 0.6 is 0 Å². The molecule has 2 rings (SSSR count). The lowest BCUT2D eigenvalue weighted by atomic mass is 10.1. The first-order valence-electron chi connectivity index (χ1n) is 6.89. The van der Waals surface area contributed by atoms with Crippen LogP contribution in [0.2, 0.25) is 0 Å². The van der Waals surface area contributed by atoms with Crippen LogP contribution in [0.4, 0.5) is 5.69 Å². The summed E-state index contributed by atoms with van der Waals surface area (Å²) in [6.07, 6.45) is 1.22. The van der Waals surface area contributed by atoms with Crippen molar-refractivity contribution in [2.24, 2.45) is 0 Å². The number of carbonyl (C=O) groups excluding carboxylic acids is 1. The first-order valence-corrected chi connectivity index (χ1v) is 8.33. The SMILES string of the molecule is CNC(=O)C1CCCN1S(=O)(=O)c1c(C)ccc(N)c1C. The molecule has 1 aromatic rings. The zero-order chi connectivity index (χ0) is 15.8. The summed E-state index contributed by atoms with van der Waals surface area (Å²) >= 11 is 0. The van der Waals surface area contributed by atoms with Crippen LogP contribution in [-0.2, 0) is 14.8 Å². The number of aryl methyl sites for hydroxylation is 1. The molecule has 1 aliphatic heterocycles. The molecule has 1 fully saturated rings. The molecule has 0 radical (unpaired) electrons. The van der Waals surface area contributed by atoms with Crippen molar-refractivity contribution in [3.05, 3.63) is 23.3 Å². The minimum absolute atomic E-state index is 0.221. The van der Waals surface area contributed by atoms with Gasteiger partial charge in [-0.2, -0.15) is 4.31 Å². The standard InChI is InChI=1S/C14H21N3O3S/c1-9-6-7-11(15)10(2)13(9)21(19,20)17-8-4-5-12(17)14(18)16-3/h6-7,12H,4-5,8,15H2,1-3H3,(H,16,18). The highest BCUT2D eigenvalue weighted by molar-refractivity contribution is 7.89. The molecule has 21 heavy (non-hydrogen) atoms. The maximum atomic E-state index is 12.9. The van der Waals surface area contributed by atoms with Gasteiger partial charge in [0.1, 0.15) is 6.04 Å². The van der Waals surface area contributed by atoms with E-state index in [1.807, 2.05) is 0 Å². The van der Waals surface area contributed by atoms with Crippen molar-refractivity contribution >= 4 is 21.6 Å². The van der Waals surface area contributed by atoms with Crippen LogP contribution in [0.1, 0.15) is 24.0 Å². The number of carbonyl (C=O) groups is 1. The predicted molar refractivity (Wildman–Crippen MR) is 81.3 cm³/mol. The van der Waals surface area contributed by atoms with E-state index >= 15 is 0 Å². The Morgan fingerprint density at radius 3 is 2.67 bits per heavy atom. The highest BCUT2D eigenvalue weighted by atomic mass is 32.2. The molecule has 116 valence electrons. The molecule has 1 aromatic carbocycles. The molecule has 0 bridgehead atoms. The van der Waals surface area contributed by atoms with Crippen LogP contribution < -0.4 is 11.1 Å². The quantitative estimate of drug-likeness (QED) is 0.807. The molecule has 7 heteroatoms. The normalized spacial score (nSPS) is 19.7. The number of nitrogens with one attached hydrogen (secondary N) is 1. The lowest BCUT2D eigenvalue weighted by Crippen LogP contribution is -2.45. The van der Waals surface area contributed by atoms with E-state index < -0.39 is 16.1 Å². The molecule has 3 N–H and O–H groups in total. The molecular weight excluding hydrogens is 290 g/mol. The number of nitrogens with zero attached hydrogens (tertiary/aromatic N) is 1. The maximum absolute atomic E-state index is 12.9. The van der Waals surface area contributed by atoms with Gasteiger partial charge in [-0.3, -0.25) is 4.79 Å². The van der Waals surface area contributed by atoms with E-state index in [0.29, 0.717) is 36.2 Å². The number of anilines is 1. The first kappa shape index (κ1) is 15.8. The number of amides is 1. The highest BCUT2D eigenvalue weighted by Crippen LogP contribution is 2.32. The predicted octanol–water partition coefficient (Wildman–Crippen LogP) is 0.785. The molecule has 0 spiro atoms. The Hall–Kier alpha value is -1.60. The monoisotopic (exact) mass is 311 g/mol. The summed E-state index contributed by atoms with van der Waals surface area (Å²) < 4.78 is 27.2. The van der Waals surface area contributed by atoms with Gasteiger partial charge in [-0.25, -0.2) is 8.42 Å². The summed E-state index contributed by atoms with van der Waals surface area (Å²) in [7, 11) is -2.22. The van der Waals surface area contributed by atoms with E-state index in [2.05, 4.69) is 5.32 Å². The van der Waals surface area contributed by atoms with Gasteiger partial charge in [0, 0.05) is 19.3 Å². The number of nitrogens with two attached hydrogens (primary N) is 1. The van der Waals surface area contributed by atoms with E-state index in [-0.39, 0.29) is 10.8 Å². The molecule has 1 atom stereocenters. The third-order valence-electron chi connectivity index (χ3n) is 3.96. The lowest BCUT2D eigenvalue weighted by Gasteiger charge is -2.25. The lowest BCUT2D eigenvalue weighted by molar-refractivity contribution is -0.123. The number of sulfonamides is 1. The van der Waals surface area contributed by atoms with E-state index in [1.54, 1.807) is 26.0 Å². The Balaban J connectivity index is 2.53. The third-order valence-corrected chi connectivity index (χ3v) is 6.16. The first-order chi connectivity index (χ1) is 9.80. The van der Waals surface area contributed by atoms with Gasteiger partial charge in [-0.1, -0.05) is 6.07 Å². The third kappa shape index (κ3) is 2.63. The molecular formula is C14H21N3O3S. The number of hydrogen-bond donors (Lipinski definition) is 2. The molecule has 1 unspecified atom stereocenters. The number of rotatable bonds is 3. The van der Waals surface area contributed by atoms with Gasteiger partial charge in [0.25, 0.3) is 0 Å². The van der Waals surface area contributed by atoms with Gasteiger partial charge < -0.3 is 11.1 Å². The summed E-state index contributed by atoms with van der Waals surface area (Å²) in [5.41, 5.74) is 7.47. The second-order valence-corrected chi connectivity index (χ2v) is 7.14. The Labute approximate surface area is 125 Å². The molecule has 1 aliphatic rings. The van der Waals surface area contributed by atoms with Gasteiger partial charge in [0.05, 0.1) is 4.90 Å². The van der Waals surface area contributed by atoms with E-state index in [9.17, 15) is 13.2 Å². The summed E-state index contributed by atoms with van der Waals surface area (Å²) in [5.74, 6) is -0.268. The Morgan fingerprint density at radius 2 is 2.05 bits per heavy atom. The fourth-order valence-electron chi connectivity index (χ4n) is 2.81. The number of nitrogen functional groups attached to an aromatic ring is 1. The van der Waals surface area contributed by atoms with Crippen molar-refractivity contribution in [1.82, 2.24) is 9.62 Å². The fourth-order valence-corrected chi connectivity index (χ4v) is 4.93. The summed E-state index contributed by atoms with van der Waals surface area (Å²) in [6.45, 7) is 3.79. The molecule has 1 saturated heterocycles. The van der Waals surface area contributed by atoms with Crippen LogP contribution in [0.25, 0.3) is 0 Å². The van der Waals surface area contributed by atoms with Crippen LogP contribution in [0.3, 0.4) is 0 Å². The Kier molecular flexibility index (Phi) is 4.25. The minimum Gasteiger partial charge on any atom is -0.398 e. The summed E-state index contributed by atoms with van der Waals surface area (Å²) in [6, 6.07) is 2.75. The molecule has 0 saturated carbocycles. The minimum atomic E-state index is -3.73. The molecule has 1 heterocycles. The topological polar surface area (TPSA) is 92.5 Å². The number of benzene rings is 1. The van der Waals surface area contributed by atoms with E-state index in [4.69, 9.17) is 5.73 Å². The van der Waals surface area contributed by atoms with Crippen molar-refractivity contribution < 1.29 is 13.2 Å². The van der Waals surface area contributed by atoms with Gasteiger partial charge in [0.15, 0.2) is 0 Å². The Morgan fingerprint density at radius 1 is 1.38 bits per heavy atom. The van der Waals surface area contributed by atoms with Crippen LogP contribution in [0, 0.1) is 13.8 Å².